The third-order valence-electron chi connectivity index (χ3n) is 2.73. The van der Waals surface area contributed by atoms with Crippen molar-refractivity contribution < 1.29 is 14.8 Å². The Morgan fingerprint density at radius 1 is 1.50 bits per heavy atom. The van der Waals surface area contributed by atoms with E-state index in [-0.39, 0.29) is 28.5 Å². The smallest absolute Gasteiger partial charge is 0.356 e. The van der Waals surface area contributed by atoms with Crippen molar-refractivity contribution in [1.82, 2.24) is 20.0 Å². The molecule has 2 aromatic rings. The van der Waals surface area contributed by atoms with Gasteiger partial charge in [0.25, 0.3) is 5.69 Å². The molecule has 9 heteroatoms. The summed E-state index contributed by atoms with van der Waals surface area (Å²) >= 11 is 0. The number of nitro groups is 1. The maximum Gasteiger partial charge on any atom is 0.356 e. The monoisotopic (exact) mass is 277 g/mol. The summed E-state index contributed by atoms with van der Waals surface area (Å²) in [6.07, 6.45) is 0. The molecule has 0 amide bonds. The van der Waals surface area contributed by atoms with E-state index in [9.17, 15) is 20.0 Å². The second-order valence-corrected chi connectivity index (χ2v) is 3.97. The summed E-state index contributed by atoms with van der Waals surface area (Å²) in [6.45, 7) is 3.56. The predicted octanol–water partition coefficient (Wildman–Crippen LogP) is 1.27. The predicted molar refractivity (Wildman–Crippen MR) is 67.3 cm³/mol. The maximum absolute atomic E-state index is 11.3. The minimum absolute atomic E-state index is 0.0896. The average molecular weight is 277 g/mol. The molecule has 0 saturated carbocycles. The van der Waals surface area contributed by atoms with Gasteiger partial charge in [-0.2, -0.15) is 0 Å². The van der Waals surface area contributed by atoms with Crippen LogP contribution in [0.5, 0.6) is 0 Å². The normalized spacial score (nSPS) is 10.5. The van der Waals surface area contributed by atoms with Crippen molar-refractivity contribution in [2.45, 2.75) is 20.4 Å². The Kier molecular flexibility index (Phi) is 3.42. The molecule has 0 aromatic carbocycles. The maximum atomic E-state index is 11.3. The number of hydrogen-bond acceptors (Lipinski definition) is 6. The van der Waals surface area contributed by atoms with Crippen LogP contribution in [0.1, 0.15) is 23.1 Å². The van der Waals surface area contributed by atoms with Gasteiger partial charge in [-0.3, -0.25) is 10.1 Å². The van der Waals surface area contributed by atoms with Crippen LogP contribution in [0.2, 0.25) is 0 Å². The van der Waals surface area contributed by atoms with Gasteiger partial charge in [0.2, 0.25) is 0 Å². The third kappa shape index (κ3) is 2.20. The van der Waals surface area contributed by atoms with Crippen LogP contribution in [0.3, 0.4) is 0 Å². The molecule has 9 nitrogen and oxygen atoms in total. The summed E-state index contributed by atoms with van der Waals surface area (Å²) in [5.74, 6) is -1.18. The SMILES string of the molecule is CCn1nnc(-c2ccc([N+](=O)[O-])c(C)n2)c1C(=O)O. The minimum Gasteiger partial charge on any atom is -0.476 e. The molecule has 0 spiro atoms. The fourth-order valence-electron chi connectivity index (χ4n) is 1.80. The van der Waals surface area contributed by atoms with Crippen molar-refractivity contribution in [3.63, 3.8) is 0 Å². The average Bonchev–Trinajstić information content (AvgIpc) is 2.81. The van der Waals surface area contributed by atoms with Crippen molar-refractivity contribution in [3.8, 4) is 11.4 Å². The molecule has 0 unspecified atom stereocenters. The topological polar surface area (TPSA) is 124 Å². The quantitative estimate of drug-likeness (QED) is 0.659. The van der Waals surface area contributed by atoms with Crippen molar-refractivity contribution >= 4 is 11.7 Å². The number of aromatic nitrogens is 4. The Balaban J connectivity index is 2.58. The number of aryl methyl sites for hydroxylation is 2. The highest BCUT2D eigenvalue weighted by molar-refractivity contribution is 5.92. The highest BCUT2D eigenvalue weighted by atomic mass is 16.6. The van der Waals surface area contributed by atoms with Crippen LogP contribution >= 0.6 is 0 Å². The Bertz CT molecular complexity index is 694. The first-order chi connectivity index (χ1) is 9.45. The molecule has 1 N–H and O–H groups in total. The van der Waals surface area contributed by atoms with Gasteiger partial charge in [0.1, 0.15) is 11.4 Å². The van der Waals surface area contributed by atoms with E-state index in [1.807, 2.05) is 0 Å². The van der Waals surface area contributed by atoms with E-state index in [0.717, 1.165) is 0 Å². The number of rotatable bonds is 4. The van der Waals surface area contributed by atoms with Crippen LogP contribution in [0.4, 0.5) is 5.69 Å². The minimum atomic E-state index is -1.18. The van der Waals surface area contributed by atoms with E-state index in [1.165, 1.54) is 23.7 Å². The van der Waals surface area contributed by atoms with Gasteiger partial charge in [0.05, 0.1) is 10.6 Å². The number of carbonyl (C=O) groups is 1. The molecule has 20 heavy (non-hydrogen) atoms. The van der Waals surface area contributed by atoms with Crippen LogP contribution < -0.4 is 0 Å². The van der Waals surface area contributed by atoms with Gasteiger partial charge in [-0.1, -0.05) is 5.21 Å². The van der Waals surface area contributed by atoms with Crippen LogP contribution in [0.15, 0.2) is 12.1 Å². The molecule has 0 aliphatic carbocycles. The summed E-state index contributed by atoms with van der Waals surface area (Å²) in [7, 11) is 0. The summed E-state index contributed by atoms with van der Waals surface area (Å²) in [5, 5.41) is 27.5. The molecule has 104 valence electrons. The van der Waals surface area contributed by atoms with E-state index in [1.54, 1.807) is 6.92 Å². The van der Waals surface area contributed by atoms with Gasteiger partial charge in [-0.25, -0.2) is 14.5 Å². The Morgan fingerprint density at radius 2 is 2.20 bits per heavy atom. The fourth-order valence-corrected chi connectivity index (χ4v) is 1.80. The van der Waals surface area contributed by atoms with E-state index >= 15 is 0 Å². The third-order valence-corrected chi connectivity index (χ3v) is 2.73. The second-order valence-electron chi connectivity index (χ2n) is 3.97. The number of hydrogen-bond donors (Lipinski definition) is 1. The second kappa shape index (κ2) is 5.03. The van der Waals surface area contributed by atoms with E-state index in [2.05, 4.69) is 15.3 Å². The molecule has 0 aliphatic rings. The lowest BCUT2D eigenvalue weighted by atomic mass is 10.2. The van der Waals surface area contributed by atoms with Crippen LogP contribution in [-0.4, -0.2) is 36.0 Å². The van der Waals surface area contributed by atoms with Crippen molar-refractivity contribution in [2.75, 3.05) is 0 Å². The number of carboxylic acids is 1. The summed E-state index contributed by atoms with van der Waals surface area (Å²) in [4.78, 5) is 25.5. The number of carboxylic acid groups (broad SMARTS) is 1. The fraction of sp³-hybridized carbons (Fsp3) is 0.273. The molecule has 2 rings (SSSR count). The zero-order valence-electron chi connectivity index (χ0n) is 10.8. The molecule has 0 saturated heterocycles. The number of pyridine rings is 1. The molecule has 0 atom stereocenters. The first-order valence-electron chi connectivity index (χ1n) is 5.74. The van der Waals surface area contributed by atoms with Gasteiger partial charge < -0.3 is 5.11 Å². The molecular formula is C11H11N5O4. The van der Waals surface area contributed by atoms with E-state index in [0.29, 0.717) is 6.54 Å². The van der Waals surface area contributed by atoms with Gasteiger partial charge in [-0.15, -0.1) is 5.10 Å². The van der Waals surface area contributed by atoms with E-state index < -0.39 is 10.9 Å². The highest BCUT2D eigenvalue weighted by Gasteiger charge is 2.22. The van der Waals surface area contributed by atoms with Crippen molar-refractivity contribution in [3.05, 3.63) is 33.6 Å². The lowest BCUT2D eigenvalue weighted by Gasteiger charge is -2.02. The standard InChI is InChI=1S/C11H11N5O4/c1-3-15-10(11(17)18)9(13-14-15)7-4-5-8(16(19)20)6(2)12-7/h4-5H,3H2,1-2H3,(H,17,18). The largest absolute Gasteiger partial charge is 0.476 e. The van der Waals surface area contributed by atoms with Crippen molar-refractivity contribution in [2.24, 2.45) is 0 Å². The molecule has 2 aromatic heterocycles. The zero-order valence-corrected chi connectivity index (χ0v) is 10.8. The van der Waals surface area contributed by atoms with Crippen LogP contribution in [0, 0.1) is 17.0 Å². The Labute approximate surface area is 113 Å². The first-order valence-corrected chi connectivity index (χ1v) is 5.74. The van der Waals surface area contributed by atoms with Gasteiger partial charge in [0.15, 0.2) is 5.69 Å². The molecule has 0 bridgehead atoms. The first kappa shape index (κ1) is 13.6. The Hall–Kier alpha value is -2.84. The van der Waals surface area contributed by atoms with Crippen LogP contribution in [0.25, 0.3) is 11.4 Å². The molecule has 2 heterocycles. The molecular weight excluding hydrogens is 266 g/mol. The molecule has 0 radical (unpaired) electrons. The number of nitrogens with zero attached hydrogens (tertiary/aromatic N) is 5. The van der Waals surface area contributed by atoms with Crippen molar-refractivity contribution in [1.29, 1.82) is 0 Å². The zero-order chi connectivity index (χ0) is 14.9. The van der Waals surface area contributed by atoms with Gasteiger partial charge in [-0.05, 0) is 19.9 Å². The summed E-state index contributed by atoms with van der Waals surface area (Å²) in [5.41, 5.74) is 0.305. The summed E-state index contributed by atoms with van der Waals surface area (Å²) in [6, 6.07) is 2.63. The molecule has 0 aliphatic heterocycles. The number of aromatic carboxylic acids is 1. The Morgan fingerprint density at radius 3 is 2.70 bits per heavy atom. The summed E-state index contributed by atoms with van der Waals surface area (Å²) < 4.78 is 1.23. The van der Waals surface area contributed by atoms with E-state index in [4.69, 9.17) is 0 Å². The van der Waals surface area contributed by atoms with Gasteiger partial charge in [0, 0.05) is 12.6 Å². The van der Waals surface area contributed by atoms with Gasteiger partial charge >= 0.3 is 5.97 Å². The highest BCUT2D eigenvalue weighted by Crippen LogP contribution is 2.23. The van der Waals surface area contributed by atoms with Crippen LogP contribution in [-0.2, 0) is 6.54 Å². The lowest BCUT2D eigenvalue weighted by molar-refractivity contribution is -0.385. The lowest BCUT2D eigenvalue weighted by Crippen LogP contribution is -2.09. The molecule has 0 fully saturated rings.